The summed E-state index contributed by atoms with van der Waals surface area (Å²) in [5.41, 5.74) is 7.45. The summed E-state index contributed by atoms with van der Waals surface area (Å²) in [4.78, 5) is 37.8. The first kappa shape index (κ1) is 40.9. The van der Waals surface area contributed by atoms with Gasteiger partial charge in [0, 0.05) is 28.7 Å². The van der Waals surface area contributed by atoms with Crippen LogP contribution < -0.4 is 15.8 Å². The molecule has 2 saturated heterocycles. The lowest BCUT2D eigenvalue weighted by atomic mass is 9.90. The van der Waals surface area contributed by atoms with Crippen molar-refractivity contribution in [1.82, 2.24) is 10.2 Å². The zero-order valence-electron chi connectivity index (χ0n) is 29.3. The number of carboxylic acids is 1. The number of hydrogen-bond acceptors (Lipinski definition) is 6. The molecule has 3 fully saturated rings. The molecule has 3 aromatic rings. The Bertz CT molecular complexity index is 1720. The number of amides is 2. The molecular weight excluding hydrogens is 737 g/mol. The van der Waals surface area contributed by atoms with E-state index in [1.807, 2.05) is 0 Å². The Morgan fingerprint density at radius 3 is 1.87 bits per heavy atom. The number of benzene rings is 3. The van der Waals surface area contributed by atoms with Gasteiger partial charge in [0.05, 0.1) is 6.61 Å². The van der Waals surface area contributed by atoms with E-state index in [-0.39, 0.29) is 23.7 Å². The van der Waals surface area contributed by atoms with E-state index < -0.39 is 47.6 Å². The molecule has 15 heteroatoms. The van der Waals surface area contributed by atoms with Crippen molar-refractivity contribution in [3.8, 4) is 16.9 Å². The number of nitrogens with two attached hydrogens (primary N) is 1. The van der Waals surface area contributed by atoms with Crippen LogP contribution in [-0.2, 0) is 20.3 Å². The normalized spacial score (nSPS) is 21.3. The molecule has 4 atom stereocenters. The molecule has 6 rings (SSSR count). The van der Waals surface area contributed by atoms with E-state index in [9.17, 15) is 27.9 Å². The lowest BCUT2D eigenvalue weighted by molar-refractivity contribution is -0.192. The van der Waals surface area contributed by atoms with Crippen LogP contribution in [0.3, 0.4) is 0 Å². The van der Waals surface area contributed by atoms with Crippen LogP contribution in [0, 0.1) is 5.92 Å². The molecule has 2 aliphatic heterocycles. The van der Waals surface area contributed by atoms with Crippen LogP contribution in [0.25, 0.3) is 11.1 Å². The van der Waals surface area contributed by atoms with Crippen molar-refractivity contribution in [2.24, 2.45) is 11.7 Å². The topological polar surface area (TPSA) is 142 Å². The molecule has 3 aliphatic rings. The molecule has 2 amide bonds. The zero-order chi connectivity index (χ0) is 39.2. The third-order valence-corrected chi connectivity index (χ3v) is 10.5. The fourth-order valence-corrected chi connectivity index (χ4v) is 7.54. The molecule has 5 N–H and O–H groups in total. The van der Waals surface area contributed by atoms with Gasteiger partial charge < -0.3 is 30.9 Å². The van der Waals surface area contributed by atoms with Gasteiger partial charge in [-0.1, -0.05) is 79.4 Å². The highest BCUT2D eigenvalue weighted by Crippen LogP contribution is 2.40. The van der Waals surface area contributed by atoms with Gasteiger partial charge in [-0.15, -0.1) is 0 Å². The Labute approximate surface area is 314 Å². The molecule has 1 aliphatic carbocycles. The van der Waals surface area contributed by atoms with E-state index in [1.165, 1.54) is 48.4 Å². The molecular formula is C39H43ClF5N3O6. The molecule has 9 nitrogen and oxygen atoms in total. The van der Waals surface area contributed by atoms with E-state index in [0.717, 1.165) is 18.4 Å². The molecule has 2 unspecified atom stereocenters. The SMILES string of the molecule is NC1CC2CCC(C1)N2C(=O)[C@@H](NC(=O)[C@@H](O)c1ccc(OCC2CCCCC2)cc1)C(F)(F)c1ccc(-c2ccc(Cl)cc2)cc1.O=C(O)C(F)(F)F. The van der Waals surface area contributed by atoms with Crippen molar-refractivity contribution in [2.45, 2.75) is 100 Å². The summed E-state index contributed by atoms with van der Waals surface area (Å²) in [5, 5.41) is 20.9. The Morgan fingerprint density at radius 1 is 0.833 bits per heavy atom. The number of nitrogens with one attached hydrogen (secondary N) is 1. The maximum Gasteiger partial charge on any atom is 0.490 e. The number of carbonyl (C=O) groups is 3. The average Bonchev–Trinajstić information content (AvgIpc) is 3.43. The zero-order valence-corrected chi connectivity index (χ0v) is 30.0. The van der Waals surface area contributed by atoms with Crippen molar-refractivity contribution in [3.05, 3.63) is 88.9 Å². The van der Waals surface area contributed by atoms with Gasteiger partial charge in [-0.2, -0.15) is 22.0 Å². The van der Waals surface area contributed by atoms with Crippen molar-refractivity contribution in [3.63, 3.8) is 0 Å². The Morgan fingerprint density at radius 2 is 1.35 bits per heavy atom. The number of ether oxygens (including phenoxy) is 1. The number of fused-ring (bicyclic) bond motifs is 2. The first-order valence-electron chi connectivity index (χ1n) is 17.9. The Balaban J connectivity index is 0.000000730. The van der Waals surface area contributed by atoms with Crippen LogP contribution in [-0.4, -0.2) is 69.8 Å². The third kappa shape index (κ3) is 10.1. The number of halogens is 6. The standard InChI is InChI=1S/C37H42ClF2N3O4.C2HF3O2/c38-28-14-8-25(9-15-28)24-6-12-27(13-7-24)37(39,40)34(36(46)43-30-16-17-31(43)21-29(41)20-30)42-35(45)33(44)26-10-18-32(19-11-26)47-22-23-4-2-1-3-5-23;3-2(4,5)1(6)7/h6-15,18-19,23,29-31,33-34,44H,1-5,16-17,20-22,41H2,(H,42,45);(H,6,7)/t29?,30?,31?,33-,34+;/m0./s1. The smallest absolute Gasteiger partial charge is 0.490 e. The van der Waals surface area contributed by atoms with Crippen LogP contribution in [0.4, 0.5) is 22.0 Å². The van der Waals surface area contributed by atoms with Gasteiger partial charge in [-0.05, 0) is 85.4 Å². The number of nitrogens with zero attached hydrogens (tertiary/aromatic N) is 1. The second kappa shape index (κ2) is 17.5. The number of aliphatic hydroxyl groups excluding tert-OH is 1. The van der Waals surface area contributed by atoms with Gasteiger partial charge in [0.25, 0.3) is 11.8 Å². The monoisotopic (exact) mass is 779 g/mol. The van der Waals surface area contributed by atoms with Crippen LogP contribution >= 0.6 is 11.6 Å². The second-order valence-corrected chi connectivity index (χ2v) is 14.5. The number of alkyl halides is 5. The minimum atomic E-state index is -5.08. The molecule has 3 aromatic carbocycles. The highest BCUT2D eigenvalue weighted by Gasteiger charge is 2.53. The molecule has 0 radical (unpaired) electrons. The summed E-state index contributed by atoms with van der Waals surface area (Å²) in [7, 11) is 0. The lowest BCUT2D eigenvalue weighted by Gasteiger charge is -2.41. The molecule has 54 heavy (non-hydrogen) atoms. The van der Waals surface area contributed by atoms with Crippen LogP contribution in [0.5, 0.6) is 5.75 Å². The Kier molecular flexibility index (Phi) is 13.2. The molecule has 2 bridgehead atoms. The first-order chi connectivity index (χ1) is 25.5. The minimum absolute atomic E-state index is 0.109. The predicted molar refractivity (Wildman–Crippen MR) is 191 cm³/mol. The summed E-state index contributed by atoms with van der Waals surface area (Å²) >= 11 is 5.99. The summed E-state index contributed by atoms with van der Waals surface area (Å²) in [6.07, 6.45) is 1.47. The first-order valence-corrected chi connectivity index (χ1v) is 18.3. The van der Waals surface area contributed by atoms with Gasteiger partial charge in [-0.25, -0.2) is 4.79 Å². The van der Waals surface area contributed by atoms with Crippen molar-refractivity contribution in [2.75, 3.05) is 6.61 Å². The molecule has 0 aromatic heterocycles. The van der Waals surface area contributed by atoms with Gasteiger partial charge >= 0.3 is 18.1 Å². The van der Waals surface area contributed by atoms with Crippen LogP contribution in [0.2, 0.25) is 5.02 Å². The molecule has 0 spiro atoms. The van der Waals surface area contributed by atoms with Crippen LogP contribution in [0.1, 0.15) is 75.0 Å². The second-order valence-electron chi connectivity index (χ2n) is 14.1. The van der Waals surface area contributed by atoms with Gasteiger partial charge in [0.1, 0.15) is 5.75 Å². The summed E-state index contributed by atoms with van der Waals surface area (Å²) < 4.78 is 70.6. The number of aliphatic hydroxyl groups is 1. The minimum Gasteiger partial charge on any atom is -0.493 e. The van der Waals surface area contributed by atoms with Crippen molar-refractivity contribution >= 4 is 29.4 Å². The maximum absolute atomic E-state index is 16.5. The van der Waals surface area contributed by atoms with Crippen molar-refractivity contribution in [1.29, 1.82) is 0 Å². The van der Waals surface area contributed by atoms with E-state index in [2.05, 4.69) is 5.32 Å². The number of carbonyl (C=O) groups excluding carboxylic acids is 2. The third-order valence-electron chi connectivity index (χ3n) is 10.3. The van der Waals surface area contributed by atoms with Gasteiger partial charge in [-0.3, -0.25) is 9.59 Å². The summed E-state index contributed by atoms with van der Waals surface area (Å²) in [5.74, 6) is -7.39. The van der Waals surface area contributed by atoms with E-state index in [1.54, 1.807) is 48.5 Å². The fourth-order valence-electron chi connectivity index (χ4n) is 7.42. The number of carboxylic acid groups (broad SMARTS) is 1. The molecule has 292 valence electrons. The van der Waals surface area contributed by atoms with Crippen molar-refractivity contribution < 1.29 is 51.3 Å². The van der Waals surface area contributed by atoms with Gasteiger partial charge in [0.2, 0.25) is 0 Å². The predicted octanol–water partition coefficient (Wildman–Crippen LogP) is 7.39. The number of piperidine rings is 1. The molecule has 1 saturated carbocycles. The molecule has 2 heterocycles. The quantitative estimate of drug-likeness (QED) is 0.157. The highest BCUT2D eigenvalue weighted by molar-refractivity contribution is 6.30. The van der Waals surface area contributed by atoms with E-state index in [4.69, 9.17) is 32.0 Å². The fraction of sp³-hybridized carbons (Fsp3) is 0.462. The number of rotatable bonds is 10. The maximum atomic E-state index is 16.5. The van der Waals surface area contributed by atoms with E-state index in [0.29, 0.717) is 54.5 Å². The Hall–Kier alpha value is -4.27. The van der Waals surface area contributed by atoms with Crippen LogP contribution in [0.15, 0.2) is 72.8 Å². The number of hydrogen-bond donors (Lipinski definition) is 4. The highest BCUT2D eigenvalue weighted by atomic mass is 35.5. The lowest BCUT2D eigenvalue weighted by Crippen LogP contribution is -2.61. The van der Waals surface area contributed by atoms with Gasteiger partial charge in [0.15, 0.2) is 12.1 Å². The average molecular weight is 780 g/mol. The largest absolute Gasteiger partial charge is 0.493 e. The van der Waals surface area contributed by atoms with E-state index >= 15 is 8.78 Å². The number of aliphatic carboxylic acids is 1. The summed E-state index contributed by atoms with van der Waals surface area (Å²) in [6.45, 7) is 0.603. The summed E-state index contributed by atoms with van der Waals surface area (Å²) in [6, 6.07) is 16.1.